The lowest BCUT2D eigenvalue weighted by Crippen LogP contribution is -2.47. The van der Waals surface area contributed by atoms with Gasteiger partial charge in [-0.15, -0.1) is 12.4 Å². The van der Waals surface area contributed by atoms with Crippen LogP contribution >= 0.6 is 12.4 Å². The lowest BCUT2D eigenvalue weighted by Gasteiger charge is -2.37. The van der Waals surface area contributed by atoms with Crippen LogP contribution in [0.3, 0.4) is 0 Å². The Labute approximate surface area is 225 Å². The number of hydrogen-bond acceptors (Lipinski definition) is 5. The fourth-order valence-corrected chi connectivity index (χ4v) is 4.65. The molecule has 2 aliphatic rings. The number of nitrogens with one attached hydrogen (secondary N) is 1. The zero-order valence-electron chi connectivity index (χ0n) is 20.9. The molecule has 2 aromatic rings. The second kappa shape index (κ2) is 12.8. The number of amides is 1. The lowest BCUT2D eigenvalue weighted by atomic mass is 10.1. The topological polar surface area (TPSA) is 48.1 Å². The van der Waals surface area contributed by atoms with Crippen molar-refractivity contribution in [3.63, 3.8) is 0 Å². The number of piperidine rings is 1. The Kier molecular flexibility index (Phi) is 10.1. The molecule has 0 aromatic heterocycles. The van der Waals surface area contributed by atoms with E-state index in [0.29, 0.717) is 51.4 Å². The highest BCUT2D eigenvalue weighted by molar-refractivity contribution is 5.85. The van der Waals surface area contributed by atoms with Gasteiger partial charge in [-0.3, -0.25) is 4.90 Å². The summed E-state index contributed by atoms with van der Waals surface area (Å²) in [5.74, 6) is -2.24. The van der Waals surface area contributed by atoms with E-state index < -0.39 is 23.8 Å². The third-order valence-electron chi connectivity index (χ3n) is 6.75. The van der Waals surface area contributed by atoms with E-state index in [0.717, 1.165) is 11.8 Å². The number of para-hydroxylation sites is 1. The van der Waals surface area contributed by atoms with Crippen molar-refractivity contribution in [2.24, 2.45) is 0 Å². The molecule has 0 bridgehead atoms. The van der Waals surface area contributed by atoms with Gasteiger partial charge in [-0.2, -0.15) is 13.2 Å². The minimum atomic E-state index is -4.39. The van der Waals surface area contributed by atoms with Gasteiger partial charge in [0.1, 0.15) is 5.75 Å². The van der Waals surface area contributed by atoms with Crippen LogP contribution in [-0.2, 0) is 6.18 Å². The minimum absolute atomic E-state index is 0. The number of benzene rings is 2. The van der Waals surface area contributed by atoms with Crippen molar-refractivity contribution in [1.29, 1.82) is 0 Å². The number of rotatable bonds is 7. The second-order valence-electron chi connectivity index (χ2n) is 9.35. The summed E-state index contributed by atoms with van der Waals surface area (Å²) in [4.78, 5) is 17.9. The Bertz CT molecular complexity index is 1040. The second-order valence-corrected chi connectivity index (χ2v) is 9.35. The third kappa shape index (κ3) is 8.10. The minimum Gasteiger partial charge on any atom is -0.410 e. The molecular weight excluding hydrogens is 531 g/mol. The Morgan fingerprint density at radius 3 is 2.16 bits per heavy atom. The molecular formula is C26H32ClF5N4O2. The first-order valence-electron chi connectivity index (χ1n) is 12.4. The molecule has 6 nitrogen and oxygen atoms in total. The smallest absolute Gasteiger partial charge is 0.410 e. The lowest BCUT2D eigenvalue weighted by molar-refractivity contribution is -0.137. The fourth-order valence-electron chi connectivity index (χ4n) is 4.65. The monoisotopic (exact) mass is 562 g/mol. The molecule has 1 amide bonds. The molecule has 0 aliphatic carbocycles. The summed E-state index contributed by atoms with van der Waals surface area (Å²) < 4.78 is 71.8. The fraction of sp³-hybridized carbons (Fsp3) is 0.500. The molecule has 0 radical (unpaired) electrons. The highest BCUT2D eigenvalue weighted by Gasteiger charge is 2.35. The summed E-state index contributed by atoms with van der Waals surface area (Å²) in [5, 5.41) is 2.70. The molecule has 2 fully saturated rings. The molecule has 2 aromatic carbocycles. The molecule has 2 heterocycles. The summed E-state index contributed by atoms with van der Waals surface area (Å²) >= 11 is 0. The van der Waals surface area contributed by atoms with E-state index in [9.17, 15) is 26.7 Å². The quantitative estimate of drug-likeness (QED) is 0.348. The van der Waals surface area contributed by atoms with E-state index in [-0.39, 0.29) is 44.0 Å². The van der Waals surface area contributed by atoms with Crippen LogP contribution in [0.1, 0.15) is 24.8 Å². The van der Waals surface area contributed by atoms with Crippen LogP contribution in [0.15, 0.2) is 48.5 Å². The Balaban J connectivity index is 0.00000400. The van der Waals surface area contributed by atoms with Crippen LogP contribution < -0.4 is 19.9 Å². The molecule has 12 heteroatoms. The summed E-state index contributed by atoms with van der Waals surface area (Å²) in [7, 11) is 0. The zero-order valence-corrected chi connectivity index (χ0v) is 21.7. The van der Waals surface area contributed by atoms with Gasteiger partial charge in [0.05, 0.1) is 5.56 Å². The predicted molar refractivity (Wildman–Crippen MR) is 139 cm³/mol. The van der Waals surface area contributed by atoms with E-state index in [1.807, 2.05) is 4.90 Å². The molecule has 0 saturated carbocycles. The van der Waals surface area contributed by atoms with E-state index >= 15 is 0 Å². The largest absolute Gasteiger partial charge is 0.418 e. The molecule has 0 atom stereocenters. The number of anilines is 2. The van der Waals surface area contributed by atoms with Crippen molar-refractivity contribution >= 4 is 29.9 Å². The highest BCUT2D eigenvalue weighted by atomic mass is 35.5. The molecule has 2 saturated heterocycles. The van der Waals surface area contributed by atoms with Gasteiger partial charge in [0.2, 0.25) is 0 Å². The van der Waals surface area contributed by atoms with Crippen LogP contribution in [0.25, 0.3) is 0 Å². The molecule has 38 heavy (non-hydrogen) atoms. The molecule has 0 unspecified atom stereocenters. The van der Waals surface area contributed by atoms with Gasteiger partial charge in [-0.25, -0.2) is 13.6 Å². The van der Waals surface area contributed by atoms with E-state index in [1.165, 1.54) is 12.1 Å². The molecule has 0 spiro atoms. The zero-order chi connectivity index (χ0) is 26.5. The van der Waals surface area contributed by atoms with E-state index in [4.69, 9.17) is 4.74 Å². The Morgan fingerprint density at radius 2 is 1.53 bits per heavy atom. The number of nitrogens with zero attached hydrogens (tertiary/aromatic N) is 3. The first kappa shape index (κ1) is 29.8. The average Bonchev–Trinajstić information content (AvgIpc) is 2.87. The maximum absolute atomic E-state index is 13.3. The van der Waals surface area contributed by atoms with Crippen molar-refractivity contribution in [3.05, 3.63) is 54.1 Å². The van der Waals surface area contributed by atoms with Gasteiger partial charge in [-0.05, 0) is 49.4 Å². The molecule has 2 aliphatic heterocycles. The van der Waals surface area contributed by atoms with Crippen molar-refractivity contribution in [1.82, 2.24) is 10.2 Å². The summed E-state index contributed by atoms with van der Waals surface area (Å²) in [6.45, 7) is 3.94. The number of halogens is 6. The number of carbonyl (C=O) groups is 1. The Hall–Kier alpha value is -2.79. The van der Waals surface area contributed by atoms with Crippen LogP contribution in [0.5, 0.6) is 5.75 Å². The van der Waals surface area contributed by atoms with Crippen LogP contribution in [0, 0.1) is 0 Å². The third-order valence-corrected chi connectivity index (χ3v) is 6.75. The van der Waals surface area contributed by atoms with Gasteiger partial charge >= 0.3 is 12.3 Å². The number of carbonyl (C=O) groups excluding carboxylic acids is 1. The van der Waals surface area contributed by atoms with Crippen molar-refractivity contribution in [2.45, 2.75) is 31.4 Å². The SMILES string of the molecule is Cl.O=C(NCCCN1CCN(c2ccccc2C(F)(F)F)CC1)Oc1ccc(N2CCC(F)(F)CC2)cc1. The van der Waals surface area contributed by atoms with Gasteiger partial charge in [0.15, 0.2) is 0 Å². The maximum atomic E-state index is 13.3. The number of alkyl halides is 5. The maximum Gasteiger partial charge on any atom is 0.418 e. The first-order valence-corrected chi connectivity index (χ1v) is 12.4. The van der Waals surface area contributed by atoms with Crippen molar-refractivity contribution in [3.8, 4) is 5.75 Å². The van der Waals surface area contributed by atoms with Crippen LogP contribution in [0.2, 0.25) is 0 Å². The number of ether oxygens (including phenoxy) is 1. The molecule has 4 rings (SSSR count). The number of piperazine rings is 1. The summed E-state index contributed by atoms with van der Waals surface area (Å²) in [5.41, 5.74) is 0.409. The standard InChI is InChI=1S/C26H31F5N4O2.ClH/c27-25(28)10-14-34(15-11-25)20-6-8-21(9-7-20)37-24(36)32-12-3-13-33-16-18-35(19-17-33)23-5-2-1-4-22(23)26(29,30)31;/h1-2,4-9H,3,10-19H2,(H,32,36);1H. The Morgan fingerprint density at radius 1 is 0.895 bits per heavy atom. The van der Waals surface area contributed by atoms with E-state index in [2.05, 4.69) is 10.2 Å². The molecule has 210 valence electrons. The summed E-state index contributed by atoms with van der Waals surface area (Å²) in [6, 6.07) is 12.4. The normalized spacial score (nSPS) is 18.0. The average molecular weight is 563 g/mol. The number of hydrogen-bond donors (Lipinski definition) is 1. The van der Waals surface area contributed by atoms with E-state index in [1.54, 1.807) is 35.2 Å². The van der Waals surface area contributed by atoms with Crippen molar-refractivity contribution < 1.29 is 31.5 Å². The highest BCUT2D eigenvalue weighted by Crippen LogP contribution is 2.36. The van der Waals surface area contributed by atoms with Gasteiger partial charge in [0.25, 0.3) is 5.92 Å². The van der Waals surface area contributed by atoms with Crippen molar-refractivity contribution in [2.75, 3.05) is 62.2 Å². The van der Waals surface area contributed by atoms with Crippen LogP contribution in [-0.4, -0.2) is 69.3 Å². The van der Waals surface area contributed by atoms with Gasteiger partial charge in [0, 0.05) is 70.0 Å². The predicted octanol–water partition coefficient (Wildman–Crippen LogP) is 5.66. The first-order chi connectivity index (χ1) is 17.6. The van der Waals surface area contributed by atoms with Crippen LogP contribution in [0.4, 0.5) is 38.1 Å². The summed E-state index contributed by atoms with van der Waals surface area (Å²) in [6.07, 6.45) is -4.64. The van der Waals surface area contributed by atoms with Gasteiger partial charge < -0.3 is 19.9 Å². The molecule has 1 N–H and O–H groups in total. The van der Waals surface area contributed by atoms with Gasteiger partial charge in [-0.1, -0.05) is 12.1 Å².